The summed E-state index contributed by atoms with van der Waals surface area (Å²) >= 11 is 0. The summed E-state index contributed by atoms with van der Waals surface area (Å²) in [4.78, 5) is 2.20. The Hall–Kier alpha value is -0.170. The van der Waals surface area contributed by atoms with Crippen LogP contribution >= 0.6 is 0 Å². The van der Waals surface area contributed by atoms with E-state index in [-0.39, 0.29) is 5.25 Å². The van der Waals surface area contributed by atoms with Crippen molar-refractivity contribution in [1.82, 2.24) is 14.5 Å². The van der Waals surface area contributed by atoms with Crippen LogP contribution in [0.1, 0.15) is 32.6 Å². The monoisotopic (exact) mass is 289 g/mol. The van der Waals surface area contributed by atoms with Gasteiger partial charge in [-0.2, -0.15) is 0 Å². The van der Waals surface area contributed by atoms with Crippen molar-refractivity contribution in [2.45, 2.75) is 49.9 Å². The van der Waals surface area contributed by atoms with Crippen LogP contribution in [-0.2, 0) is 10.0 Å². The zero-order chi connectivity index (χ0) is 14.0. The van der Waals surface area contributed by atoms with E-state index in [1.165, 1.54) is 12.8 Å². The molecular weight excluding hydrogens is 262 g/mol. The Labute approximate surface area is 117 Å². The second-order valence-electron chi connectivity index (χ2n) is 6.13. The second-order valence-corrected chi connectivity index (χ2v) is 8.48. The number of sulfonamides is 1. The Morgan fingerprint density at radius 1 is 1.21 bits per heavy atom. The topological polar surface area (TPSA) is 52.7 Å². The Morgan fingerprint density at radius 2 is 1.79 bits per heavy atom. The summed E-state index contributed by atoms with van der Waals surface area (Å²) in [6, 6.07) is 1.09. The van der Waals surface area contributed by atoms with Crippen molar-refractivity contribution in [3.05, 3.63) is 0 Å². The molecule has 6 heteroatoms. The van der Waals surface area contributed by atoms with Gasteiger partial charge in [0.05, 0.1) is 5.25 Å². The van der Waals surface area contributed by atoms with Crippen LogP contribution in [0.25, 0.3) is 0 Å². The predicted molar refractivity (Wildman–Crippen MR) is 77.7 cm³/mol. The lowest BCUT2D eigenvalue weighted by atomic mass is 10.1. The van der Waals surface area contributed by atoms with Crippen molar-refractivity contribution in [3.8, 4) is 0 Å². The third kappa shape index (κ3) is 3.90. The third-order valence-electron chi connectivity index (χ3n) is 4.29. The molecule has 1 unspecified atom stereocenters. The van der Waals surface area contributed by atoms with Gasteiger partial charge in [-0.25, -0.2) is 12.7 Å². The smallest absolute Gasteiger partial charge is 0.217 e. The number of nitrogens with one attached hydrogen (secondary N) is 1. The van der Waals surface area contributed by atoms with Crippen LogP contribution in [0.4, 0.5) is 0 Å². The van der Waals surface area contributed by atoms with Crippen LogP contribution in [0, 0.1) is 0 Å². The number of nitrogens with zero attached hydrogens (tertiary/aromatic N) is 2. The van der Waals surface area contributed by atoms with Gasteiger partial charge in [0, 0.05) is 31.7 Å². The molecule has 2 aliphatic rings. The third-order valence-corrected chi connectivity index (χ3v) is 6.56. The molecule has 2 fully saturated rings. The number of hydrogen-bond donors (Lipinski definition) is 1. The molecule has 1 saturated heterocycles. The summed E-state index contributed by atoms with van der Waals surface area (Å²) < 4.78 is 26.6. The molecule has 0 radical (unpaired) electrons. The highest BCUT2D eigenvalue weighted by atomic mass is 32.2. The highest BCUT2D eigenvalue weighted by Crippen LogP contribution is 2.21. The highest BCUT2D eigenvalue weighted by molar-refractivity contribution is 7.89. The lowest BCUT2D eigenvalue weighted by Crippen LogP contribution is -2.48. The first kappa shape index (κ1) is 15.2. The molecule has 112 valence electrons. The molecule has 1 atom stereocenters. The summed E-state index contributed by atoms with van der Waals surface area (Å²) in [7, 11) is 1.01. The lowest BCUT2D eigenvalue weighted by Gasteiger charge is -2.35. The van der Waals surface area contributed by atoms with Crippen LogP contribution in [0.3, 0.4) is 0 Å². The number of rotatable bonds is 6. The summed E-state index contributed by atoms with van der Waals surface area (Å²) in [5.41, 5.74) is 0. The Bertz CT molecular complexity index is 385. The van der Waals surface area contributed by atoms with Crippen LogP contribution in [0.5, 0.6) is 0 Å². The van der Waals surface area contributed by atoms with E-state index in [4.69, 9.17) is 0 Å². The maximum atomic E-state index is 12.5. The molecule has 19 heavy (non-hydrogen) atoms. The molecule has 0 bridgehead atoms. The van der Waals surface area contributed by atoms with Gasteiger partial charge in [-0.3, -0.25) is 0 Å². The van der Waals surface area contributed by atoms with Gasteiger partial charge in [0.15, 0.2) is 0 Å². The maximum Gasteiger partial charge on any atom is 0.217 e. The summed E-state index contributed by atoms with van der Waals surface area (Å²) in [6.45, 7) is 3.74. The molecule has 0 amide bonds. The van der Waals surface area contributed by atoms with Crippen molar-refractivity contribution in [1.29, 1.82) is 0 Å². The van der Waals surface area contributed by atoms with Crippen molar-refractivity contribution in [3.63, 3.8) is 0 Å². The van der Waals surface area contributed by atoms with E-state index in [0.717, 1.165) is 12.8 Å². The van der Waals surface area contributed by atoms with Gasteiger partial charge in [0.2, 0.25) is 10.0 Å². The molecule has 0 aromatic rings. The SMILES string of the molecule is CC(CNC1CC1)S(=O)(=O)N1CCC(N(C)C)CC1. The lowest BCUT2D eigenvalue weighted by molar-refractivity contribution is 0.196. The highest BCUT2D eigenvalue weighted by Gasteiger charge is 2.33. The Morgan fingerprint density at radius 3 is 2.26 bits per heavy atom. The van der Waals surface area contributed by atoms with E-state index < -0.39 is 10.0 Å². The number of hydrogen-bond acceptors (Lipinski definition) is 4. The molecule has 1 aliphatic heterocycles. The average Bonchev–Trinajstić information content (AvgIpc) is 3.20. The van der Waals surface area contributed by atoms with Gasteiger partial charge < -0.3 is 10.2 Å². The largest absolute Gasteiger partial charge is 0.313 e. The van der Waals surface area contributed by atoms with Gasteiger partial charge >= 0.3 is 0 Å². The van der Waals surface area contributed by atoms with Crippen molar-refractivity contribution in [2.24, 2.45) is 0 Å². The molecule has 1 N–H and O–H groups in total. The normalized spacial score (nSPS) is 24.8. The fourth-order valence-corrected chi connectivity index (χ4v) is 4.13. The zero-order valence-corrected chi connectivity index (χ0v) is 13.1. The second kappa shape index (κ2) is 6.08. The fourth-order valence-electron chi connectivity index (χ4n) is 2.59. The quantitative estimate of drug-likeness (QED) is 0.773. The molecule has 1 aliphatic carbocycles. The Balaban J connectivity index is 1.85. The molecule has 5 nitrogen and oxygen atoms in total. The van der Waals surface area contributed by atoms with Crippen LogP contribution in [0.2, 0.25) is 0 Å². The summed E-state index contributed by atoms with van der Waals surface area (Å²) in [5.74, 6) is 0. The van der Waals surface area contributed by atoms with Crippen molar-refractivity contribution in [2.75, 3.05) is 33.7 Å². The van der Waals surface area contributed by atoms with E-state index in [9.17, 15) is 8.42 Å². The van der Waals surface area contributed by atoms with Crippen molar-refractivity contribution >= 4 is 10.0 Å². The van der Waals surface area contributed by atoms with Gasteiger partial charge in [-0.1, -0.05) is 0 Å². The van der Waals surface area contributed by atoms with Gasteiger partial charge in [0.25, 0.3) is 0 Å². The standard InChI is InChI=1S/C13H27N3O2S/c1-11(10-14-12-4-5-12)19(17,18)16-8-6-13(7-9-16)15(2)3/h11-14H,4-10H2,1-3H3. The molecule has 0 aromatic carbocycles. The average molecular weight is 289 g/mol. The first-order valence-corrected chi connectivity index (χ1v) is 8.80. The molecule has 1 heterocycles. The van der Waals surface area contributed by atoms with E-state index in [0.29, 0.717) is 31.7 Å². The van der Waals surface area contributed by atoms with Gasteiger partial charge in [-0.05, 0) is 46.7 Å². The van der Waals surface area contributed by atoms with Crippen LogP contribution < -0.4 is 5.32 Å². The minimum atomic E-state index is -3.13. The van der Waals surface area contributed by atoms with E-state index in [2.05, 4.69) is 24.3 Å². The zero-order valence-electron chi connectivity index (χ0n) is 12.3. The number of piperidine rings is 1. The van der Waals surface area contributed by atoms with Gasteiger partial charge in [-0.15, -0.1) is 0 Å². The van der Waals surface area contributed by atoms with E-state index in [1.807, 2.05) is 6.92 Å². The minimum Gasteiger partial charge on any atom is -0.313 e. The summed E-state index contributed by atoms with van der Waals surface area (Å²) in [6.07, 6.45) is 4.27. The predicted octanol–water partition coefficient (Wildman–Crippen LogP) is 0.483. The van der Waals surface area contributed by atoms with Crippen LogP contribution in [0.15, 0.2) is 0 Å². The van der Waals surface area contributed by atoms with E-state index in [1.54, 1.807) is 4.31 Å². The summed E-state index contributed by atoms with van der Waals surface area (Å²) in [5, 5.41) is 3.00. The maximum absolute atomic E-state index is 12.5. The van der Waals surface area contributed by atoms with E-state index >= 15 is 0 Å². The molecule has 2 rings (SSSR count). The van der Waals surface area contributed by atoms with Crippen LogP contribution in [-0.4, -0.2) is 68.7 Å². The fraction of sp³-hybridized carbons (Fsp3) is 1.00. The first-order chi connectivity index (χ1) is 8.91. The first-order valence-electron chi connectivity index (χ1n) is 7.30. The minimum absolute atomic E-state index is 0.316. The molecule has 1 saturated carbocycles. The molecular formula is C13H27N3O2S. The Kier molecular flexibility index (Phi) is 4.87. The van der Waals surface area contributed by atoms with Gasteiger partial charge in [0.1, 0.15) is 0 Å². The molecule has 0 aromatic heterocycles. The van der Waals surface area contributed by atoms with Crippen molar-refractivity contribution < 1.29 is 8.42 Å². The molecule has 0 spiro atoms.